The van der Waals surface area contributed by atoms with Gasteiger partial charge < -0.3 is 10.1 Å². The van der Waals surface area contributed by atoms with Gasteiger partial charge in [-0.05, 0) is 42.5 Å². The number of carbonyl (C=O) groups is 2. The molecule has 7 heteroatoms. The number of anilines is 1. The summed E-state index contributed by atoms with van der Waals surface area (Å²) in [5.41, 5.74) is 0.904. The third-order valence-electron chi connectivity index (χ3n) is 3.65. The summed E-state index contributed by atoms with van der Waals surface area (Å²) in [6.45, 7) is 0. The predicted molar refractivity (Wildman–Crippen MR) is 98.9 cm³/mol. The molecular formula is C20H14N2O5. The smallest absolute Gasteiger partial charge is 0.343 e. The van der Waals surface area contributed by atoms with Gasteiger partial charge in [0.2, 0.25) is 0 Å². The Kier molecular flexibility index (Phi) is 5.22. The molecule has 0 unspecified atom stereocenters. The lowest BCUT2D eigenvalue weighted by molar-refractivity contribution is -0.384. The highest BCUT2D eigenvalue weighted by atomic mass is 16.6. The van der Waals surface area contributed by atoms with Gasteiger partial charge in [-0.3, -0.25) is 14.9 Å². The van der Waals surface area contributed by atoms with Crippen molar-refractivity contribution in [2.45, 2.75) is 0 Å². The Morgan fingerprint density at radius 3 is 2.19 bits per heavy atom. The van der Waals surface area contributed by atoms with Crippen LogP contribution in [-0.2, 0) is 0 Å². The van der Waals surface area contributed by atoms with Crippen molar-refractivity contribution in [3.63, 3.8) is 0 Å². The third-order valence-corrected chi connectivity index (χ3v) is 3.65. The molecule has 0 radical (unpaired) electrons. The maximum atomic E-state index is 12.2. The van der Waals surface area contributed by atoms with Crippen LogP contribution in [-0.4, -0.2) is 16.8 Å². The minimum absolute atomic E-state index is 0.161. The van der Waals surface area contributed by atoms with Crippen LogP contribution in [0.2, 0.25) is 0 Å². The van der Waals surface area contributed by atoms with E-state index in [0.717, 1.165) is 0 Å². The Bertz CT molecular complexity index is 985. The molecule has 3 aromatic carbocycles. The number of non-ortho nitro benzene ring substituents is 1. The van der Waals surface area contributed by atoms with Crippen molar-refractivity contribution < 1.29 is 19.2 Å². The molecule has 27 heavy (non-hydrogen) atoms. The number of nitro benzene ring substituents is 1. The number of hydrogen-bond acceptors (Lipinski definition) is 5. The molecule has 134 valence electrons. The Balaban J connectivity index is 1.65. The van der Waals surface area contributed by atoms with Crippen LogP contribution in [0.15, 0.2) is 78.9 Å². The van der Waals surface area contributed by atoms with Gasteiger partial charge in [0.15, 0.2) is 0 Å². The van der Waals surface area contributed by atoms with Crippen molar-refractivity contribution in [3.8, 4) is 5.75 Å². The SMILES string of the molecule is O=C(Nc1ccc(OC(=O)c2ccccc2)cc1)c1cccc([N+](=O)[O-])c1. The van der Waals surface area contributed by atoms with Gasteiger partial charge in [0.25, 0.3) is 11.6 Å². The van der Waals surface area contributed by atoms with Gasteiger partial charge in [0.05, 0.1) is 10.5 Å². The second kappa shape index (κ2) is 7.92. The van der Waals surface area contributed by atoms with Crippen LogP contribution in [0.25, 0.3) is 0 Å². The van der Waals surface area contributed by atoms with Gasteiger partial charge >= 0.3 is 5.97 Å². The van der Waals surface area contributed by atoms with Crippen molar-refractivity contribution in [1.29, 1.82) is 0 Å². The highest BCUT2D eigenvalue weighted by Gasteiger charge is 2.12. The van der Waals surface area contributed by atoms with Gasteiger partial charge in [-0.1, -0.05) is 24.3 Å². The van der Waals surface area contributed by atoms with Crippen LogP contribution in [0.1, 0.15) is 20.7 Å². The van der Waals surface area contributed by atoms with Crippen molar-refractivity contribution >= 4 is 23.3 Å². The van der Waals surface area contributed by atoms with E-state index in [1.54, 1.807) is 54.6 Å². The number of nitro groups is 1. The zero-order valence-electron chi connectivity index (χ0n) is 14.0. The molecule has 1 amide bonds. The van der Waals surface area contributed by atoms with Crippen LogP contribution in [0.3, 0.4) is 0 Å². The molecule has 0 fully saturated rings. The Morgan fingerprint density at radius 1 is 0.852 bits per heavy atom. The predicted octanol–water partition coefficient (Wildman–Crippen LogP) is 4.07. The monoisotopic (exact) mass is 362 g/mol. The second-order valence-corrected chi connectivity index (χ2v) is 5.54. The summed E-state index contributed by atoms with van der Waals surface area (Å²) in [5.74, 6) is -0.631. The Morgan fingerprint density at radius 2 is 1.52 bits per heavy atom. The quantitative estimate of drug-likeness (QED) is 0.319. The minimum Gasteiger partial charge on any atom is -0.423 e. The normalized spacial score (nSPS) is 10.1. The fourth-order valence-electron chi connectivity index (χ4n) is 2.31. The largest absolute Gasteiger partial charge is 0.423 e. The zero-order chi connectivity index (χ0) is 19.2. The summed E-state index contributed by atoms with van der Waals surface area (Å²) in [6.07, 6.45) is 0. The van der Waals surface area contributed by atoms with Gasteiger partial charge in [-0.2, -0.15) is 0 Å². The fraction of sp³-hybridized carbons (Fsp3) is 0. The Hall–Kier alpha value is -4.00. The number of ether oxygens (including phenoxy) is 1. The van der Waals surface area contributed by atoms with Gasteiger partial charge in [-0.25, -0.2) is 4.79 Å². The first-order valence-corrected chi connectivity index (χ1v) is 7.96. The second-order valence-electron chi connectivity index (χ2n) is 5.54. The number of nitrogens with zero attached hydrogens (tertiary/aromatic N) is 1. The van der Waals surface area contributed by atoms with E-state index in [2.05, 4.69) is 5.32 Å². The number of hydrogen-bond donors (Lipinski definition) is 1. The van der Waals surface area contributed by atoms with Crippen LogP contribution in [0.5, 0.6) is 5.75 Å². The molecule has 0 atom stereocenters. The molecule has 0 saturated carbocycles. The summed E-state index contributed by atoms with van der Waals surface area (Å²) in [6, 6.07) is 20.3. The molecule has 0 aliphatic rings. The van der Waals surface area contributed by atoms with E-state index in [1.807, 2.05) is 0 Å². The maximum Gasteiger partial charge on any atom is 0.343 e. The van der Waals surface area contributed by atoms with E-state index in [9.17, 15) is 19.7 Å². The zero-order valence-corrected chi connectivity index (χ0v) is 14.0. The molecule has 0 saturated heterocycles. The van der Waals surface area contributed by atoms with Crippen molar-refractivity contribution in [2.24, 2.45) is 0 Å². The average Bonchev–Trinajstić information content (AvgIpc) is 2.70. The number of nitrogens with one attached hydrogen (secondary N) is 1. The molecule has 3 aromatic rings. The van der Waals surface area contributed by atoms with Crippen LogP contribution in [0, 0.1) is 10.1 Å². The molecule has 1 N–H and O–H groups in total. The van der Waals surface area contributed by atoms with E-state index in [1.165, 1.54) is 24.3 Å². The first kappa shape index (κ1) is 17.8. The summed E-state index contributed by atoms with van der Waals surface area (Å²) in [7, 11) is 0. The van der Waals surface area contributed by atoms with E-state index in [-0.39, 0.29) is 11.3 Å². The van der Waals surface area contributed by atoms with E-state index >= 15 is 0 Å². The third kappa shape index (κ3) is 4.55. The molecule has 0 aliphatic heterocycles. The first-order chi connectivity index (χ1) is 13.0. The van der Waals surface area contributed by atoms with Crippen molar-refractivity contribution in [3.05, 3.63) is 100 Å². The van der Waals surface area contributed by atoms with Crippen LogP contribution >= 0.6 is 0 Å². The van der Waals surface area contributed by atoms with Gasteiger partial charge in [0, 0.05) is 23.4 Å². The topological polar surface area (TPSA) is 98.5 Å². The first-order valence-electron chi connectivity index (χ1n) is 7.96. The summed E-state index contributed by atoms with van der Waals surface area (Å²) in [5, 5.41) is 13.4. The maximum absolute atomic E-state index is 12.2. The minimum atomic E-state index is -0.563. The number of esters is 1. The Labute approximate surface area is 154 Å². The lowest BCUT2D eigenvalue weighted by atomic mass is 10.2. The number of amides is 1. The number of benzene rings is 3. The van der Waals surface area contributed by atoms with E-state index in [0.29, 0.717) is 17.0 Å². The molecule has 0 bridgehead atoms. The molecule has 0 spiro atoms. The number of carbonyl (C=O) groups excluding carboxylic acids is 2. The lowest BCUT2D eigenvalue weighted by Gasteiger charge is -2.07. The molecule has 0 aromatic heterocycles. The molecule has 3 rings (SSSR count). The highest BCUT2D eigenvalue weighted by molar-refractivity contribution is 6.04. The lowest BCUT2D eigenvalue weighted by Crippen LogP contribution is -2.12. The summed E-state index contributed by atoms with van der Waals surface area (Å²) >= 11 is 0. The van der Waals surface area contributed by atoms with Crippen molar-refractivity contribution in [2.75, 3.05) is 5.32 Å². The fourth-order valence-corrected chi connectivity index (χ4v) is 2.31. The van der Waals surface area contributed by atoms with E-state index < -0.39 is 16.8 Å². The van der Waals surface area contributed by atoms with Crippen LogP contribution in [0.4, 0.5) is 11.4 Å². The van der Waals surface area contributed by atoms with Gasteiger partial charge in [0.1, 0.15) is 5.75 Å². The molecular weight excluding hydrogens is 348 g/mol. The van der Waals surface area contributed by atoms with Crippen molar-refractivity contribution in [1.82, 2.24) is 0 Å². The summed E-state index contributed by atoms with van der Waals surface area (Å²) in [4.78, 5) is 34.5. The average molecular weight is 362 g/mol. The standard InChI is InChI=1S/C20H14N2O5/c23-19(15-7-4-8-17(13-15)22(25)26)21-16-9-11-18(12-10-16)27-20(24)14-5-2-1-3-6-14/h1-13H,(H,21,23). The summed E-state index contributed by atoms with van der Waals surface area (Å²) < 4.78 is 5.26. The van der Waals surface area contributed by atoms with Gasteiger partial charge in [-0.15, -0.1) is 0 Å². The molecule has 7 nitrogen and oxygen atoms in total. The molecule has 0 aliphatic carbocycles. The van der Waals surface area contributed by atoms with E-state index in [4.69, 9.17) is 4.74 Å². The number of rotatable bonds is 5. The highest BCUT2D eigenvalue weighted by Crippen LogP contribution is 2.19. The van der Waals surface area contributed by atoms with Crippen LogP contribution < -0.4 is 10.1 Å². The molecule has 0 heterocycles.